The maximum absolute atomic E-state index is 11.9. The summed E-state index contributed by atoms with van der Waals surface area (Å²) in [7, 11) is 0. The van der Waals surface area contributed by atoms with Crippen LogP contribution in [0.15, 0.2) is 28.9 Å². The Morgan fingerprint density at radius 1 is 1.50 bits per heavy atom. The Morgan fingerprint density at radius 2 is 2.39 bits per heavy atom. The molecule has 1 aliphatic rings. The zero-order chi connectivity index (χ0) is 12.5. The van der Waals surface area contributed by atoms with Crippen LogP contribution in [0.5, 0.6) is 0 Å². The third-order valence-corrected chi connectivity index (χ3v) is 3.03. The molecule has 2 N–H and O–H groups in total. The smallest absolute Gasteiger partial charge is 0.294 e. The number of aryl methyl sites for hydroxylation is 1. The summed E-state index contributed by atoms with van der Waals surface area (Å²) in [6.45, 7) is 2.74. The van der Waals surface area contributed by atoms with Crippen LogP contribution in [-0.4, -0.2) is 17.6 Å². The van der Waals surface area contributed by atoms with E-state index < -0.39 is 0 Å². The van der Waals surface area contributed by atoms with Crippen molar-refractivity contribution < 1.29 is 9.32 Å². The topological polar surface area (TPSA) is 67.2 Å². The van der Waals surface area contributed by atoms with Gasteiger partial charge in [-0.05, 0) is 37.1 Å². The van der Waals surface area contributed by atoms with Crippen LogP contribution >= 0.6 is 0 Å². The first-order chi connectivity index (χ1) is 8.74. The van der Waals surface area contributed by atoms with Gasteiger partial charge in [-0.1, -0.05) is 5.16 Å². The van der Waals surface area contributed by atoms with Gasteiger partial charge in [-0.15, -0.1) is 0 Å². The lowest BCUT2D eigenvalue weighted by atomic mass is 10.1. The van der Waals surface area contributed by atoms with Crippen LogP contribution in [0, 0.1) is 6.92 Å². The number of hydrogen-bond donors (Lipinski definition) is 2. The summed E-state index contributed by atoms with van der Waals surface area (Å²) >= 11 is 0. The van der Waals surface area contributed by atoms with E-state index in [0.717, 1.165) is 29.9 Å². The number of carbonyl (C=O) groups excluding carboxylic acids is 1. The van der Waals surface area contributed by atoms with E-state index in [1.54, 1.807) is 6.92 Å². The first kappa shape index (κ1) is 10.8. The molecule has 2 aromatic rings. The minimum atomic E-state index is -0.268. The van der Waals surface area contributed by atoms with E-state index in [4.69, 9.17) is 4.52 Å². The number of benzene rings is 1. The monoisotopic (exact) mass is 243 g/mol. The van der Waals surface area contributed by atoms with Gasteiger partial charge in [0.05, 0.1) is 6.20 Å². The van der Waals surface area contributed by atoms with Crippen LogP contribution in [0.25, 0.3) is 0 Å². The molecule has 92 valence electrons. The molecule has 18 heavy (non-hydrogen) atoms. The van der Waals surface area contributed by atoms with Crippen molar-refractivity contribution in [2.45, 2.75) is 13.3 Å². The normalized spacial score (nSPS) is 12.9. The third-order valence-electron chi connectivity index (χ3n) is 3.03. The maximum atomic E-state index is 11.9. The molecule has 1 aromatic heterocycles. The van der Waals surface area contributed by atoms with Crippen molar-refractivity contribution in [3.05, 3.63) is 41.3 Å². The molecule has 5 heteroatoms. The first-order valence-corrected chi connectivity index (χ1v) is 5.83. The van der Waals surface area contributed by atoms with Gasteiger partial charge >= 0.3 is 0 Å². The number of nitrogens with one attached hydrogen (secondary N) is 2. The van der Waals surface area contributed by atoms with Gasteiger partial charge in [0, 0.05) is 23.5 Å². The molecule has 0 bridgehead atoms. The fourth-order valence-corrected chi connectivity index (χ4v) is 2.08. The predicted molar refractivity (Wildman–Crippen MR) is 67.8 cm³/mol. The molecule has 5 nitrogen and oxygen atoms in total. The Kier molecular flexibility index (Phi) is 2.51. The Bertz CT molecular complexity index is 604. The summed E-state index contributed by atoms with van der Waals surface area (Å²) < 4.78 is 4.92. The van der Waals surface area contributed by atoms with E-state index >= 15 is 0 Å². The number of amides is 1. The van der Waals surface area contributed by atoms with Crippen molar-refractivity contribution in [3.63, 3.8) is 0 Å². The van der Waals surface area contributed by atoms with Crippen LogP contribution in [0.4, 0.5) is 11.4 Å². The number of carbonyl (C=O) groups is 1. The molecule has 1 aliphatic heterocycles. The van der Waals surface area contributed by atoms with E-state index in [2.05, 4.69) is 15.8 Å². The summed E-state index contributed by atoms with van der Waals surface area (Å²) in [6, 6.07) is 5.84. The van der Waals surface area contributed by atoms with Crippen molar-refractivity contribution in [1.82, 2.24) is 5.16 Å². The zero-order valence-electron chi connectivity index (χ0n) is 9.99. The van der Waals surface area contributed by atoms with Crippen molar-refractivity contribution in [3.8, 4) is 0 Å². The SMILES string of the molecule is Cc1cnoc1C(=O)Nc1ccc2c(c1)CCN2. The highest BCUT2D eigenvalue weighted by Crippen LogP contribution is 2.25. The number of fused-ring (bicyclic) bond motifs is 1. The summed E-state index contributed by atoms with van der Waals surface area (Å²) in [5.74, 6) is -0.00969. The molecule has 0 radical (unpaired) electrons. The number of rotatable bonds is 2. The average molecular weight is 243 g/mol. The zero-order valence-corrected chi connectivity index (χ0v) is 9.99. The minimum absolute atomic E-state index is 0.258. The fraction of sp³-hybridized carbons (Fsp3) is 0.231. The highest BCUT2D eigenvalue weighted by atomic mass is 16.5. The standard InChI is InChI=1S/C13H13N3O2/c1-8-7-15-18-12(8)13(17)16-10-2-3-11-9(6-10)4-5-14-11/h2-3,6-7,14H,4-5H2,1H3,(H,16,17). The second-order valence-corrected chi connectivity index (χ2v) is 4.34. The number of aromatic nitrogens is 1. The summed E-state index contributed by atoms with van der Waals surface area (Å²) in [5.41, 5.74) is 3.87. The van der Waals surface area contributed by atoms with E-state index in [9.17, 15) is 4.79 Å². The van der Waals surface area contributed by atoms with Crippen LogP contribution in [0.3, 0.4) is 0 Å². The summed E-state index contributed by atoms with van der Waals surface area (Å²) in [6.07, 6.45) is 2.52. The van der Waals surface area contributed by atoms with Gasteiger partial charge in [0.2, 0.25) is 5.76 Å². The molecule has 0 spiro atoms. The number of anilines is 2. The van der Waals surface area contributed by atoms with Crippen LogP contribution in [-0.2, 0) is 6.42 Å². The van der Waals surface area contributed by atoms with Crippen LogP contribution in [0.2, 0.25) is 0 Å². The molecule has 1 amide bonds. The average Bonchev–Trinajstić information content (AvgIpc) is 2.96. The second-order valence-electron chi connectivity index (χ2n) is 4.34. The molecule has 0 fully saturated rings. The van der Waals surface area contributed by atoms with Crippen molar-refractivity contribution >= 4 is 17.3 Å². The molecule has 0 aliphatic carbocycles. The van der Waals surface area contributed by atoms with Gasteiger partial charge in [-0.25, -0.2) is 0 Å². The van der Waals surface area contributed by atoms with Crippen LogP contribution in [0.1, 0.15) is 21.7 Å². The third kappa shape index (κ3) is 1.84. The highest BCUT2D eigenvalue weighted by molar-refractivity contribution is 6.03. The van der Waals surface area contributed by atoms with E-state index in [0.29, 0.717) is 0 Å². The second kappa shape index (κ2) is 4.18. The quantitative estimate of drug-likeness (QED) is 0.848. The minimum Gasteiger partial charge on any atom is -0.384 e. The molecular formula is C13H13N3O2. The molecule has 3 rings (SSSR count). The first-order valence-electron chi connectivity index (χ1n) is 5.83. The van der Waals surface area contributed by atoms with Crippen molar-refractivity contribution in [2.75, 3.05) is 17.2 Å². The van der Waals surface area contributed by atoms with Gasteiger partial charge < -0.3 is 15.2 Å². The highest BCUT2D eigenvalue weighted by Gasteiger charge is 2.16. The number of hydrogen-bond acceptors (Lipinski definition) is 4. The largest absolute Gasteiger partial charge is 0.384 e. The summed E-state index contributed by atoms with van der Waals surface area (Å²) in [4.78, 5) is 11.9. The molecule has 0 atom stereocenters. The van der Waals surface area contributed by atoms with Crippen molar-refractivity contribution in [2.24, 2.45) is 0 Å². The Balaban J connectivity index is 1.81. The summed E-state index contributed by atoms with van der Waals surface area (Å²) in [5, 5.41) is 9.69. The van der Waals surface area contributed by atoms with E-state index in [-0.39, 0.29) is 11.7 Å². The Morgan fingerprint density at radius 3 is 3.17 bits per heavy atom. The van der Waals surface area contributed by atoms with Gasteiger partial charge in [0.25, 0.3) is 5.91 Å². The molecular weight excluding hydrogens is 230 g/mol. The Labute approximate surface area is 104 Å². The van der Waals surface area contributed by atoms with Gasteiger partial charge in [0.15, 0.2) is 0 Å². The van der Waals surface area contributed by atoms with Gasteiger partial charge in [-0.2, -0.15) is 0 Å². The lowest BCUT2D eigenvalue weighted by Gasteiger charge is -2.06. The Hall–Kier alpha value is -2.30. The molecule has 0 unspecified atom stereocenters. The molecule has 2 heterocycles. The lowest BCUT2D eigenvalue weighted by molar-refractivity contribution is 0.0987. The van der Waals surface area contributed by atoms with Crippen LogP contribution < -0.4 is 10.6 Å². The molecule has 0 saturated carbocycles. The van der Waals surface area contributed by atoms with E-state index in [1.807, 2.05) is 18.2 Å². The molecule has 1 aromatic carbocycles. The number of nitrogens with zero attached hydrogens (tertiary/aromatic N) is 1. The van der Waals surface area contributed by atoms with Crippen molar-refractivity contribution in [1.29, 1.82) is 0 Å². The maximum Gasteiger partial charge on any atom is 0.294 e. The fourth-order valence-electron chi connectivity index (χ4n) is 2.08. The lowest BCUT2D eigenvalue weighted by Crippen LogP contribution is -2.12. The molecule has 0 saturated heterocycles. The van der Waals surface area contributed by atoms with E-state index in [1.165, 1.54) is 11.8 Å². The van der Waals surface area contributed by atoms with Gasteiger partial charge in [0.1, 0.15) is 0 Å². The van der Waals surface area contributed by atoms with Gasteiger partial charge in [-0.3, -0.25) is 4.79 Å². The predicted octanol–water partition coefficient (Wildman–Crippen LogP) is 2.20.